The number of aldehydes is 1. The van der Waals surface area contributed by atoms with E-state index in [9.17, 15) is 28.8 Å². The van der Waals surface area contributed by atoms with E-state index < -0.39 is 46.7 Å². The van der Waals surface area contributed by atoms with Gasteiger partial charge in [0.2, 0.25) is 11.7 Å². The number of nitrogens with zero attached hydrogens (tertiary/aromatic N) is 1. The monoisotopic (exact) mass is 687 g/mol. The van der Waals surface area contributed by atoms with Gasteiger partial charge in [-0.15, -0.1) is 0 Å². The number of Topliss-reactive ketones (excluding diaryl/α,β-unsaturated/α-hetero) is 1. The molecule has 49 heavy (non-hydrogen) atoms. The van der Waals surface area contributed by atoms with Crippen molar-refractivity contribution in [1.29, 1.82) is 0 Å². The summed E-state index contributed by atoms with van der Waals surface area (Å²) in [5, 5.41) is 8.21. The highest BCUT2D eigenvalue weighted by Crippen LogP contribution is 2.30. The molecule has 5 N–H and O–H groups in total. The van der Waals surface area contributed by atoms with Crippen LogP contribution in [0.3, 0.4) is 0 Å². The quantitative estimate of drug-likeness (QED) is 0.129. The smallest absolute Gasteiger partial charge is 0.332 e. The average Bonchev–Trinajstić information content (AvgIpc) is 3.51. The predicted molar refractivity (Wildman–Crippen MR) is 185 cm³/mol. The van der Waals surface area contributed by atoms with Gasteiger partial charge in [0.1, 0.15) is 24.2 Å². The molecule has 2 fully saturated rings. The van der Waals surface area contributed by atoms with Crippen molar-refractivity contribution in [2.75, 3.05) is 20.7 Å². The highest BCUT2D eigenvalue weighted by molar-refractivity contribution is 6.37. The van der Waals surface area contributed by atoms with Crippen molar-refractivity contribution in [2.45, 2.75) is 123 Å². The summed E-state index contributed by atoms with van der Waals surface area (Å²) in [5.41, 5.74) is 4.40. The second-order valence-electron chi connectivity index (χ2n) is 14.3. The highest BCUT2D eigenvalue weighted by atomic mass is 16.5. The molecule has 4 amide bonds. The fourth-order valence-corrected chi connectivity index (χ4v) is 5.88. The molecule has 0 aromatic heterocycles. The highest BCUT2D eigenvalue weighted by Gasteiger charge is 2.43. The second-order valence-corrected chi connectivity index (χ2v) is 14.3. The molecule has 0 spiro atoms. The van der Waals surface area contributed by atoms with E-state index in [4.69, 9.17) is 15.2 Å². The van der Waals surface area contributed by atoms with Gasteiger partial charge >= 0.3 is 12.0 Å². The molecule has 13 nitrogen and oxygen atoms in total. The Morgan fingerprint density at radius 1 is 1.04 bits per heavy atom. The first-order valence-electron chi connectivity index (χ1n) is 17.2. The lowest BCUT2D eigenvalue weighted by Gasteiger charge is -2.36. The van der Waals surface area contributed by atoms with Crippen LogP contribution in [0.2, 0.25) is 0 Å². The van der Waals surface area contributed by atoms with Gasteiger partial charge in [0.05, 0.1) is 25.2 Å². The summed E-state index contributed by atoms with van der Waals surface area (Å²) in [6, 6.07) is 5.07. The van der Waals surface area contributed by atoms with E-state index in [1.54, 1.807) is 19.2 Å². The minimum Gasteiger partial charge on any atom is -0.497 e. The Balaban J connectivity index is 0.000000365. The first-order valence-corrected chi connectivity index (χ1v) is 17.2. The van der Waals surface area contributed by atoms with Crippen molar-refractivity contribution >= 4 is 35.9 Å². The summed E-state index contributed by atoms with van der Waals surface area (Å²) in [6.45, 7) is 10.6. The van der Waals surface area contributed by atoms with Crippen LogP contribution in [-0.2, 0) is 35.3 Å². The maximum atomic E-state index is 12.9. The van der Waals surface area contributed by atoms with E-state index in [-0.39, 0.29) is 24.5 Å². The number of ketones is 1. The van der Waals surface area contributed by atoms with Crippen molar-refractivity contribution in [3.63, 3.8) is 0 Å². The molecule has 1 aliphatic carbocycles. The maximum Gasteiger partial charge on any atom is 0.332 e. The van der Waals surface area contributed by atoms with Gasteiger partial charge in [0, 0.05) is 0 Å². The van der Waals surface area contributed by atoms with Crippen LogP contribution >= 0.6 is 0 Å². The van der Waals surface area contributed by atoms with Crippen LogP contribution in [-0.4, -0.2) is 85.2 Å². The topological polar surface area (TPSA) is 186 Å². The molecule has 4 unspecified atom stereocenters. The largest absolute Gasteiger partial charge is 0.497 e. The minimum atomic E-state index is -1.07. The second kappa shape index (κ2) is 19.3. The Labute approximate surface area is 290 Å². The van der Waals surface area contributed by atoms with Crippen molar-refractivity contribution in [3.8, 4) is 5.75 Å². The van der Waals surface area contributed by atoms with E-state index in [1.807, 2.05) is 58.7 Å². The standard InChI is InChI=1S/C22H32N2O5.C14H25N3O3/c1-21(2,3)18(14-25)23-20(27)24-22(12-6-5-7-13-22)19(26)29-15-16-8-10-17(28-4)11-9-16;1-4-9(2)8-10(12(18)13(15)19)16-14(20)11-6-5-7-17(11)3/h8-11,14,18H,5-7,12-13,15H2,1-4H3,(H2,23,24,27);9-11H,4-8H2,1-3H3,(H2,15,19)(H,16,20). The first-order chi connectivity index (χ1) is 23.1. The van der Waals surface area contributed by atoms with Gasteiger partial charge in [-0.05, 0) is 74.7 Å². The fourth-order valence-electron chi connectivity index (χ4n) is 5.88. The SMILES string of the molecule is CCC(C)CC(NC(=O)C1CCCN1C)C(=O)C(N)=O.COc1ccc(COC(=O)C2(NC(=O)NC(C=O)C(C)(C)C)CCCCC2)cc1. The van der Waals surface area contributed by atoms with Crippen LogP contribution in [0.25, 0.3) is 0 Å². The number of ether oxygens (including phenoxy) is 2. The predicted octanol–water partition coefficient (Wildman–Crippen LogP) is 3.41. The number of carbonyl (C=O) groups is 6. The molecule has 0 radical (unpaired) electrons. The van der Waals surface area contributed by atoms with E-state index >= 15 is 0 Å². The number of primary amides is 1. The minimum absolute atomic E-state index is 0.118. The van der Waals surface area contributed by atoms with Crippen LogP contribution in [0.4, 0.5) is 4.79 Å². The lowest BCUT2D eigenvalue weighted by molar-refractivity contribution is -0.154. The molecular weight excluding hydrogens is 630 g/mol. The van der Waals surface area contributed by atoms with Crippen LogP contribution in [0.15, 0.2) is 24.3 Å². The maximum absolute atomic E-state index is 12.9. The van der Waals surface area contributed by atoms with E-state index in [0.29, 0.717) is 19.3 Å². The molecule has 4 atom stereocenters. The number of benzene rings is 1. The average molecular weight is 688 g/mol. The molecule has 1 saturated heterocycles. The van der Waals surface area contributed by atoms with Gasteiger partial charge in [-0.25, -0.2) is 9.59 Å². The number of nitrogens with one attached hydrogen (secondary N) is 3. The Morgan fingerprint density at radius 2 is 1.67 bits per heavy atom. The lowest BCUT2D eigenvalue weighted by atomic mass is 9.81. The molecule has 2 aliphatic rings. The lowest BCUT2D eigenvalue weighted by Crippen LogP contribution is -2.60. The Bertz CT molecular complexity index is 1270. The summed E-state index contributed by atoms with van der Waals surface area (Å²) < 4.78 is 10.7. The van der Waals surface area contributed by atoms with Gasteiger partial charge in [-0.1, -0.05) is 72.4 Å². The van der Waals surface area contributed by atoms with Crippen molar-refractivity contribution in [2.24, 2.45) is 17.1 Å². The summed E-state index contributed by atoms with van der Waals surface area (Å²) in [4.78, 5) is 74.0. The Morgan fingerprint density at radius 3 is 2.16 bits per heavy atom. The molecule has 3 rings (SSSR count). The van der Waals surface area contributed by atoms with Crippen molar-refractivity contribution in [3.05, 3.63) is 29.8 Å². The van der Waals surface area contributed by atoms with Crippen LogP contribution in [0.1, 0.15) is 98.0 Å². The number of nitrogens with two attached hydrogens (primary N) is 1. The third-order valence-corrected chi connectivity index (χ3v) is 9.37. The molecule has 13 heteroatoms. The number of esters is 1. The Kier molecular flexibility index (Phi) is 16.2. The summed E-state index contributed by atoms with van der Waals surface area (Å²) in [6.07, 6.45) is 7.49. The van der Waals surface area contributed by atoms with Gasteiger partial charge in [-0.2, -0.15) is 0 Å². The number of rotatable bonds is 14. The van der Waals surface area contributed by atoms with E-state index in [1.165, 1.54) is 0 Å². The zero-order valence-corrected chi connectivity index (χ0v) is 30.3. The molecule has 1 saturated carbocycles. The molecule has 1 aliphatic heterocycles. The fraction of sp³-hybridized carbons (Fsp3) is 0.667. The number of carbonyl (C=O) groups excluding carboxylic acids is 6. The number of likely N-dealkylation sites (tertiary alicyclic amines) is 1. The first kappa shape index (κ1) is 41.2. The summed E-state index contributed by atoms with van der Waals surface area (Å²) in [5.74, 6) is -1.36. The van der Waals surface area contributed by atoms with E-state index in [0.717, 1.165) is 62.7 Å². The van der Waals surface area contributed by atoms with Gasteiger partial charge in [0.15, 0.2) is 0 Å². The van der Waals surface area contributed by atoms with Crippen molar-refractivity contribution in [1.82, 2.24) is 20.9 Å². The van der Waals surface area contributed by atoms with Crippen LogP contribution < -0.4 is 26.4 Å². The number of amides is 4. The number of urea groups is 1. The number of methoxy groups -OCH3 is 1. The van der Waals surface area contributed by atoms with Gasteiger partial charge < -0.3 is 36.0 Å². The molecular formula is C36H57N5O8. The molecule has 274 valence electrons. The zero-order valence-electron chi connectivity index (χ0n) is 30.3. The zero-order chi connectivity index (χ0) is 36.8. The summed E-state index contributed by atoms with van der Waals surface area (Å²) in [7, 11) is 3.48. The van der Waals surface area contributed by atoms with Gasteiger partial charge in [0.25, 0.3) is 5.91 Å². The normalized spacial score (nSPS) is 19.1. The van der Waals surface area contributed by atoms with E-state index in [2.05, 4.69) is 16.0 Å². The molecule has 1 aromatic carbocycles. The third kappa shape index (κ3) is 12.8. The summed E-state index contributed by atoms with van der Waals surface area (Å²) >= 11 is 0. The number of hydrogen-bond donors (Lipinski definition) is 4. The molecule has 1 heterocycles. The Hall–Kier alpha value is -4.00. The van der Waals surface area contributed by atoms with Crippen LogP contribution in [0, 0.1) is 11.3 Å². The van der Waals surface area contributed by atoms with Gasteiger partial charge in [-0.3, -0.25) is 19.3 Å². The molecule has 0 bridgehead atoms. The van der Waals surface area contributed by atoms with Crippen molar-refractivity contribution < 1.29 is 38.2 Å². The number of hydrogen-bond acceptors (Lipinski definition) is 9. The molecule has 1 aromatic rings. The number of likely N-dealkylation sites (N-methyl/N-ethyl adjacent to an activating group) is 1. The van der Waals surface area contributed by atoms with Crippen LogP contribution in [0.5, 0.6) is 5.75 Å². The third-order valence-electron chi connectivity index (χ3n) is 9.37.